The highest BCUT2D eigenvalue weighted by Crippen LogP contribution is 2.27. The molecule has 1 heteroatoms. The molecule has 1 aliphatic rings. The summed E-state index contributed by atoms with van der Waals surface area (Å²) in [6, 6.07) is 8.69. The van der Waals surface area contributed by atoms with Gasteiger partial charge in [0, 0.05) is 13.1 Å². The van der Waals surface area contributed by atoms with Crippen molar-refractivity contribution < 1.29 is 0 Å². The molecule has 19 heavy (non-hydrogen) atoms. The third-order valence-corrected chi connectivity index (χ3v) is 3.76. The van der Waals surface area contributed by atoms with E-state index in [-0.39, 0.29) is 0 Å². The van der Waals surface area contributed by atoms with Crippen LogP contribution >= 0.6 is 0 Å². The summed E-state index contributed by atoms with van der Waals surface area (Å²) in [4.78, 5) is 2.45. The molecule has 0 aliphatic carbocycles. The molecule has 0 saturated heterocycles. The molecule has 0 N–H and O–H groups in total. The molecular formula is C18H27N. The zero-order chi connectivity index (χ0) is 13.9. The number of hydrogen-bond acceptors (Lipinski definition) is 1. The van der Waals surface area contributed by atoms with E-state index in [2.05, 4.69) is 69.1 Å². The van der Waals surface area contributed by atoms with Gasteiger partial charge in [0.05, 0.1) is 0 Å². The van der Waals surface area contributed by atoms with Crippen LogP contribution in [0.15, 0.2) is 30.5 Å². The number of fused-ring (bicyclic) bond motifs is 1. The van der Waals surface area contributed by atoms with Crippen molar-refractivity contribution in [2.75, 3.05) is 6.54 Å². The van der Waals surface area contributed by atoms with Crippen molar-refractivity contribution in [3.8, 4) is 0 Å². The van der Waals surface area contributed by atoms with E-state index in [4.69, 9.17) is 0 Å². The molecule has 0 saturated carbocycles. The molecule has 0 spiro atoms. The first kappa shape index (κ1) is 14.2. The van der Waals surface area contributed by atoms with Crippen LogP contribution in [0.3, 0.4) is 0 Å². The third-order valence-electron chi connectivity index (χ3n) is 3.76. The summed E-state index contributed by atoms with van der Waals surface area (Å²) >= 11 is 0. The second kappa shape index (κ2) is 5.81. The lowest BCUT2D eigenvalue weighted by Gasteiger charge is -2.28. The predicted molar refractivity (Wildman–Crippen MR) is 83.7 cm³/mol. The van der Waals surface area contributed by atoms with E-state index in [1.807, 2.05) is 0 Å². The van der Waals surface area contributed by atoms with E-state index in [9.17, 15) is 0 Å². The van der Waals surface area contributed by atoms with Crippen molar-refractivity contribution in [1.29, 1.82) is 0 Å². The van der Waals surface area contributed by atoms with Crippen molar-refractivity contribution in [3.63, 3.8) is 0 Å². The van der Waals surface area contributed by atoms with E-state index >= 15 is 0 Å². The van der Waals surface area contributed by atoms with Crippen LogP contribution in [0, 0.1) is 11.3 Å². The standard InChI is InChI=1S/C18H27N/c1-15(13-18(2,3)4)9-11-19-12-10-16-7-5-6-8-17(16)14-19/h5-8,10,12,15H,9,11,13-14H2,1-4H3. The quantitative estimate of drug-likeness (QED) is 0.739. The van der Waals surface area contributed by atoms with Gasteiger partial charge in [-0.25, -0.2) is 0 Å². The van der Waals surface area contributed by atoms with Crippen LogP contribution < -0.4 is 0 Å². The molecule has 0 radical (unpaired) electrons. The Morgan fingerprint density at radius 3 is 2.68 bits per heavy atom. The van der Waals surface area contributed by atoms with Gasteiger partial charge >= 0.3 is 0 Å². The highest BCUT2D eigenvalue weighted by Gasteiger charge is 2.16. The average molecular weight is 257 g/mol. The number of rotatable bonds is 4. The van der Waals surface area contributed by atoms with Crippen LogP contribution in [-0.4, -0.2) is 11.4 Å². The van der Waals surface area contributed by atoms with Crippen molar-refractivity contribution in [1.82, 2.24) is 4.90 Å². The summed E-state index contributed by atoms with van der Waals surface area (Å²) in [7, 11) is 0. The first-order valence-electron chi connectivity index (χ1n) is 7.44. The molecular weight excluding hydrogens is 230 g/mol. The molecule has 0 amide bonds. The SMILES string of the molecule is CC(CCN1C=Cc2ccccc2C1)CC(C)(C)C. The van der Waals surface area contributed by atoms with E-state index in [0.29, 0.717) is 5.41 Å². The normalized spacial score (nSPS) is 16.3. The molecule has 1 atom stereocenters. The van der Waals surface area contributed by atoms with Crippen molar-refractivity contribution in [2.45, 2.75) is 47.1 Å². The van der Waals surface area contributed by atoms with Gasteiger partial charge in [0.2, 0.25) is 0 Å². The molecule has 1 unspecified atom stereocenters. The molecule has 0 bridgehead atoms. The Labute approximate surface area is 118 Å². The Morgan fingerprint density at radius 2 is 1.95 bits per heavy atom. The van der Waals surface area contributed by atoms with E-state index in [1.54, 1.807) is 0 Å². The van der Waals surface area contributed by atoms with E-state index in [1.165, 1.54) is 30.5 Å². The van der Waals surface area contributed by atoms with Crippen LogP contribution in [0.4, 0.5) is 0 Å². The molecule has 2 rings (SSSR count). The summed E-state index contributed by atoms with van der Waals surface area (Å²) in [5.41, 5.74) is 3.28. The molecule has 0 aromatic heterocycles. The molecule has 1 heterocycles. The Balaban J connectivity index is 1.83. The number of nitrogens with zero attached hydrogens (tertiary/aromatic N) is 1. The lowest BCUT2D eigenvalue weighted by atomic mass is 9.84. The van der Waals surface area contributed by atoms with Crippen molar-refractivity contribution in [2.24, 2.45) is 11.3 Å². The van der Waals surface area contributed by atoms with Gasteiger partial charge in [0.15, 0.2) is 0 Å². The topological polar surface area (TPSA) is 3.24 Å². The second-order valence-corrected chi connectivity index (χ2v) is 7.14. The van der Waals surface area contributed by atoms with Crippen LogP contribution in [0.2, 0.25) is 0 Å². The first-order chi connectivity index (χ1) is 8.94. The fourth-order valence-electron chi connectivity index (χ4n) is 2.99. The summed E-state index contributed by atoms with van der Waals surface area (Å²) < 4.78 is 0. The largest absolute Gasteiger partial charge is 0.373 e. The van der Waals surface area contributed by atoms with Gasteiger partial charge < -0.3 is 4.90 Å². The smallest absolute Gasteiger partial charge is 0.0429 e. The minimum absolute atomic E-state index is 0.448. The Bertz CT molecular complexity index is 439. The van der Waals surface area contributed by atoms with Crippen LogP contribution in [0.5, 0.6) is 0 Å². The first-order valence-corrected chi connectivity index (χ1v) is 7.44. The Hall–Kier alpha value is -1.24. The van der Waals surface area contributed by atoms with Crippen molar-refractivity contribution in [3.05, 3.63) is 41.6 Å². The molecule has 104 valence electrons. The zero-order valence-corrected chi connectivity index (χ0v) is 12.8. The summed E-state index contributed by atoms with van der Waals surface area (Å²) in [5.74, 6) is 0.797. The fraction of sp³-hybridized carbons (Fsp3) is 0.556. The maximum atomic E-state index is 2.45. The van der Waals surface area contributed by atoms with Crippen molar-refractivity contribution >= 4 is 6.08 Å². The third kappa shape index (κ3) is 4.41. The lowest BCUT2D eigenvalue weighted by Crippen LogP contribution is -2.23. The number of hydrogen-bond donors (Lipinski definition) is 0. The Kier molecular flexibility index (Phi) is 4.34. The minimum atomic E-state index is 0.448. The van der Waals surface area contributed by atoms with E-state index in [0.717, 1.165) is 12.5 Å². The van der Waals surface area contributed by atoms with Gasteiger partial charge in [-0.2, -0.15) is 0 Å². The summed E-state index contributed by atoms with van der Waals surface area (Å²) in [6.07, 6.45) is 7.09. The van der Waals surface area contributed by atoms with E-state index < -0.39 is 0 Å². The summed E-state index contributed by atoms with van der Waals surface area (Å²) in [6.45, 7) is 11.6. The maximum absolute atomic E-state index is 2.45. The average Bonchev–Trinajstić information content (AvgIpc) is 2.34. The highest BCUT2D eigenvalue weighted by atomic mass is 15.1. The minimum Gasteiger partial charge on any atom is -0.373 e. The van der Waals surface area contributed by atoms with Gasteiger partial charge in [-0.05, 0) is 47.6 Å². The molecule has 1 nitrogen and oxygen atoms in total. The van der Waals surface area contributed by atoms with Crippen LogP contribution in [0.25, 0.3) is 6.08 Å². The molecule has 1 aromatic rings. The second-order valence-electron chi connectivity index (χ2n) is 7.14. The lowest BCUT2D eigenvalue weighted by molar-refractivity contribution is 0.264. The molecule has 1 aliphatic heterocycles. The van der Waals surface area contributed by atoms with Gasteiger partial charge in [-0.3, -0.25) is 0 Å². The molecule has 0 fully saturated rings. The fourth-order valence-corrected chi connectivity index (χ4v) is 2.99. The van der Waals surface area contributed by atoms with Gasteiger partial charge in [-0.1, -0.05) is 52.0 Å². The van der Waals surface area contributed by atoms with Gasteiger partial charge in [0.1, 0.15) is 0 Å². The maximum Gasteiger partial charge on any atom is 0.0429 e. The van der Waals surface area contributed by atoms with Gasteiger partial charge in [0.25, 0.3) is 0 Å². The highest BCUT2D eigenvalue weighted by molar-refractivity contribution is 5.55. The monoisotopic (exact) mass is 257 g/mol. The molecule has 1 aromatic carbocycles. The van der Waals surface area contributed by atoms with Gasteiger partial charge in [-0.15, -0.1) is 0 Å². The summed E-state index contributed by atoms with van der Waals surface area (Å²) in [5, 5.41) is 0. The number of benzene rings is 1. The zero-order valence-electron chi connectivity index (χ0n) is 12.8. The predicted octanol–water partition coefficient (Wildman–Crippen LogP) is 4.94. The van der Waals surface area contributed by atoms with Crippen LogP contribution in [0.1, 0.15) is 51.7 Å². The van der Waals surface area contributed by atoms with Crippen LogP contribution in [-0.2, 0) is 6.54 Å². The Morgan fingerprint density at radius 1 is 1.21 bits per heavy atom.